The molecule has 0 rings (SSSR count). The molecular weight excluding hydrogens is 796 g/mol. The molecule has 0 aromatic carbocycles. The molecule has 28 heteroatoms. The Morgan fingerprint density at radius 1 is 0.356 bits per heavy atom. The molecule has 0 saturated carbocycles. The van der Waals surface area contributed by atoms with Gasteiger partial charge in [0, 0.05) is 84.6 Å². The number of aliphatic carboxylic acids is 1. The van der Waals surface area contributed by atoms with Crippen molar-refractivity contribution in [3.63, 3.8) is 0 Å². The van der Waals surface area contributed by atoms with Gasteiger partial charge < -0.3 is 5.11 Å². The molecule has 0 bridgehead atoms. The minimum absolute atomic E-state index is 0.0269. The molecule has 354 valence electrons. The van der Waals surface area contributed by atoms with Crippen LogP contribution in [0.3, 0.4) is 0 Å². The first kappa shape index (κ1) is 57.4. The predicted octanol–water partition coefficient (Wildman–Crippen LogP) is -1.29. The monoisotopic (exact) mass is 871 g/mol. The summed E-state index contributed by atoms with van der Waals surface area (Å²) in [6.45, 7) is 7.24. The number of rotatable bonds is 40. The Labute approximate surface area is 349 Å². The van der Waals surface area contributed by atoms with Gasteiger partial charge in [0.1, 0.15) is 87.2 Å². The largest absolute Gasteiger partial charge is 0.480 e. The van der Waals surface area contributed by atoms with Gasteiger partial charge in [0.25, 0.3) is 0 Å². The van der Waals surface area contributed by atoms with E-state index in [1.165, 1.54) is 67.8 Å². The summed E-state index contributed by atoms with van der Waals surface area (Å²) in [6.07, 6.45) is 0. The third-order valence-corrected chi connectivity index (χ3v) is 6.20. The molecular formula is C31H74N12O16. The number of likely N-dealkylation sites (N-methyl/N-ethyl adjacent to an activating group) is 1. The molecule has 0 unspecified atom stereocenters. The van der Waals surface area contributed by atoms with Crippen molar-refractivity contribution >= 4 is 5.97 Å². The van der Waals surface area contributed by atoms with Crippen LogP contribution in [-0.2, 0) is 72.6 Å². The van der Waals surface area contributed by atoms with E-state index in [0.717, 1.165) is 0 Å². The summed E-state index contributed by atoms with van der Waals surface area (Å²) in [7, 11) is 20.2. The number of carbonyl (C=O) groups is 1. The summed E-state index contributed by atoms with van der Waals surface area (Å²) in [5, 5.41) is 26.2. The maximum absolute atomic E-state index is 10.7. The predicted molar refractivity (Wildman–Crippen MR) is 204 cm³/mol. The van der Waals surface area contributed by atoms with Crippen LogP contribution in [0.1, 0.15) is 20.8 Å². The molecule has 0 atom stereocenters. The van der Waals surface area contributed by atoms with Crippen molar-refractivity contribution in [1.29, 1.82) is 0 Å². The Bertz CT molecular complexity index is 1020. The van der Waals surface area contributed by atoms with Crippen molar-refractivity contribution in [2.24, 2.45) is 0 Å². The van der Waals surface area contributed by atoms with Crippen LogP contribution in [0.4, 0.5) is 0 Å². The van der Waals surface area contributed by atoms with Gasteiger partial charge in [-0.15, -0.1) is 0 Å². The van der Waals surface area contributed by atoms with Crippen LogP contribution >= 0.6 is 0 Å². The van der Waals surface area contributed by atoms with Gasteiger partial charge in [-0.1, -0.05) is 0 Å². The molecule has 0 aromatic heterocycles. The lowest BCUT2D eigenvalue weighted by atomic mass is 10.2. The summed E-state index contributed by atoms with van der Waals surface area (Å²) in [5.41, 5.74) is -0.380. The molecule has 0 aromatic rings. The van der Waals surface area contributed by atoms with Gasteiger partial charge in [-0.2, -0.15) is 60.8 Å². The molecule has 0 fully saturated rings. The highest BCUT2D eigenvalue weighted by Gasteiger charge is 2.14. The summed E-state index contributed by atoms with van der Waals surface area (Å²) in [4.78, 5) is 87.6. The van der Waals surface area contributed by atoms with Crippen LogP contribution in [0.2, 0.25) is 0 Å². The van der Waals surface area contributed by atoms with E-state index in [9.17, 15) is 4.79 Å². The molecule has 59 heavy (non-hydrogen) atoms. The van der Waals surface area contributed by atoms with E-state index in [2.05, 4.69) is 0 Å². The number of nitrogens with zero attached hydrogens (tertiary/aromatic N) is 12. The highest BCUT2D eigenvalue weighted by molar-refractivity contribution is 5.68. The SMILES string of the molecule is CN(CON(C)CON(C)CON(C)CON(C)CON(C)CON(C)CON(C)CON(C)CON(C)CON(C)CON(C)CC(=O)O)OCCOOC(C)(C)C. The van der Waals surface area contributed by atoms with E-state index in [-0.39, 0.29) is 92.8 Å². The van der Waals surface area contributed by atoms with Crippen molar-refractivity contribution < 1.29 is 77.7 Å². The first-order chi connectivity index (χ1) is 27.6. The molecule has 0 saturated heterocycles. The van der Waals surface area contributed by atoms with E-state index in [4.69, 9.17) is 72.9 Å². The van der Waals surface area contributed by atoms with Crippen LogP contribution in [0.5, 0.6) is 0 Å². The second-order valence-electron chi connectivity index (χ2n) is 13.8. The highest BCUT2D eigenvalue weighted by atomic mass is 17.2. The van der Waals surface area contributed by atoms with Crippen molar-refractivity contribution in [2.45, 2.75) is 26.4 Å². The Morgan fingerprint density at radius 3 is 0.763 bits per heavy atom. The Balaban J connectivity index is 3.96. The van der Waals surface area contributed by atoms with Crippen molar-refractivity contribution in [1.82, 2.24) is 60.8 Å². The van der Waals surface area contributed by atoms with E-state index in [1.54, 1.807) is 77.5 Å². The maximum Gasteiger partial charge on any atom is 0.320 e. The molecule has 0 aliphatic carbocycles. The van der Waals surface area contributed by atoms with Crippen molar-refractivity contribution in [3.05, 3.63) is 0 Å². The lowest BCUT2D eigenvalue weighted by molar-refractivity contribution is -0.362. The van der Waals surface area contributed by atoms with Gasteiger partial charge in [0.2, 0.25) is 0 Å². The van der Waals surface area contributed by atoms with Gasteiger partial charge in [-0.3, -0.25) is 62.8 Å². The van der Waals surface area contributed by atoms with Gasteiger partial charge in [0.05, 0.1) is 12.2 Å². The minimum Gasteiger partial charge on any atom is -0.480 e. The number of hydrogen-bond acceptors (Lipinski definition) is 27. The van der Waals surface area contributed by atoms with Crippen molar-refractivity contribution in [2.75, 3.05) is 178 Å². The number of hydrogen-bond donors (Lipinski definition) is 1. The van der Waals surface area contributed by atoms with E-state index in [0.29, 0.717) is 6.61 Å². The molecule has 0 radical (unpaired) electrons. The van der Waals surface area contributed by atoms with Gasteiger partial charge in [-0.25, -0.2) is 9.78 Å². The normalized spacial score (nSPS) is 13.1. The van der Waals surface area contributed by atoms with Crippen molar-refractivity contribution in [3.8, 4) is 0 Å². The fourth-order valence-electron chi connectivity index (χ4n) is 3.07. The fourth-order valence-corrected chi connectivity index (χ4v) is 3.07. The Morgan fingerprint density at radius 2 is 0.559 bits per heavy atom. The topological polar surface area (TPSA) is 205 Å². The van der Waals surface area contributed by atoms with Gasteiger partial charge in [0.15, 0.2) is 0 Å². The zero-order valence-electron chi connectivity index (χ0n) is 37.8. The van der Waals surface area contributed by atoms with E-state index < -0.39 is 5.97 Å². The first-order valence-corrected chi connectivity index (χ1v) is 18.3. The maximum atomic E-state index is 10.7. The fraction of sp³-hybridized carbons (Fsp3) is 0.968. The molecule has 0 heterocycles. The van der Waals surface area contributed by atoms with E-state index in [1.807, 2.05) is 20.8 Å². The summed E-state index contributed by atoms with van der Waals surface area (Å²) < 4.78 is 0. The zero-order chi connectivity index (χ0) is 44.8. The third kappa shape index (κ3) is 37.9. The molecule has 0 spiro atoms. The lowest BCUT2D eigenvalue weighted by Crippen LogP contribution is -2.38. The van der Waals surface area contributed by atoms with Crippen LogP contribution in [0.15, 0.2) is 0 Å². The quantitative estimate of drug-likeness (QED) is 0.0329. The molecule has 28 nitrogen and oxygen atoms in total. The molecule has 1 N–H and O–H groups in total. The van der Waals surface area contributed by atoms with Crippen LogP contribution in [0.25, 0.3) is 0 Å². The number of carboxylic acid groups (broad SMARTS) is 1. The second kappa shape index (κ2) is 34.0. The average molecular weight is 871 g/mol. The molecule has 0 aliphatic heterocycles. The second-order valence-corrected chi connectivity index (χ2v) is 13.8. The zero-order valence-corrected chi connectivity index (χ0v) is 37.8. The third-order valence-electron chi connectivity index (χ3n) is 6.20. The van der Waals surface area contributed by atoms with Crippen LogP contribution in [-0.4, -0.2) is 256 Å². The lowest BCUT2D eigenvalue weighted by Gasteiger charge is -2.27. The van der Waals surface area contributed by atoms with E-state index >= 15 is 0 Å². The van der Waals surface area contributed by atoms with Crippen LogP contribution < -0.4 is 0 Å². The Hall–Kier alpha value is -1.57. The highest BCUT2D eigenvalue weighted by Crippen LogP contribution is 2.07. The van der Waals surface area contributed by atoms with Gasteiger partial charge >= 0.3 is 5.97 Å². The number of carboxylic acids is 1. The summed E-state index contributed by atoms with van der Waals surface area (Å²) >= 11 is 0. The number of hydroxylamine groups is 24. The average Bonchev–Trinajstić information content (AvgIpc) is 3.16. The van der Waals surface area contributed by atoms with Gasteiger partial charge in [-0.05, 0) is 20.8 Å². The summed E-state index contributed by atoms with van der Waals surface area (Å²) in [6, 6.07) is 0. The standard InChI is InChI=1S/C31H74N12O16/c1-31(2,3)59-58-17-16-46-33(5)19-48-35(7)21-50-37(9)23-52-39(11)25-54-41(13)27-56-43(15)29-57-42(14)28-55-40(12)26-53-38(10)24-51-36(8)22-49-34(6)20-47-32(4)18-30(44)45/h16-29H2,1-15H3,(H,44,45). The smallest absolute Gasteiger partial charge is 0.320 e. The summed E-state index contributed by atoms with van der Waals surface area (Å²) in [5.74, 6) is -1.00. The first-order valence-electron chi connectivity index (χ1n) is 18.3. The minimum atomic E-state index is -1.00. The Kier molecular flexibility index (Phi) is 33.1. The molecule has 0 amide bonds. The molecule has 0 aliphatic rings. The van der Waals surface area contributed by atoms with Crippen LogP contribution in [0, 0.1) is 0 Å².